The first kappa shape index (κ1) is 13.9. The summed E-state index contributed by atoms with van der Waals surface area (Å²) in [6.45, 7) is 2.67. The minimum Gasteiger partial charge on any atom is -0.340 e. The molecule has 0 aliphatic rings. The molecule has 0 aromatic carbocycles. The molecule has 0 heterocycles. The summed E-state index contributed by atoms with van der Waals surface area (Å²) in [5, 5.41) is 0. The summed E-state index contributed by atoms with van der Waals surface area (Å²) in [5.41, 5.74) is 0. The predicted molar refractivity (Wildman–Crippen MR) is 63.1 cm³/mol. The number of rotatable bonds is 9. The molecule has 0 atom stereocenters. The minimum atomic E-state index is 1.34. The van der Waals surface area contributed by atoms with Crippen molar-refractivity contribution in [3.05, 3.63) is 0 Å². The van der Waals surface area contributed by atoms with E-state index in [0.29, 0.717) is 0 Å². The van der Waals surface area contributed by atoms with Crippen molar-refractivity contribution in [2.24, 2.45) is 0 Å². The average molecular weight is 202 g/mol. The Morgan fingerprint density at radius 1 is 0.500 bits per heavy atom. The third-order valence-electron chi connectivity index (χ3n) is 2.60. The highest BCUT2D eigenvalue weighted by atomic mass is 15.0. The molecule has 0 saturated carbocycles. The van der Waals surface area contributed by atoms with Gasteiger partial charge in [0.05, 0.1) is 41.3 Å². The molecule has 0 aliphatic carbocycles. The first-order valence-electron chi connectivity index (χ1n) is 6.21. The standard InChI is InChI=1S/C12H28N2/c1-13(2)11-9-7-5-6-8-10-12-14(3)4/h5-12H2,1-4H3/p+2. The van der Waals surface area contributed by atoms with E-state index in [1.165, 1.54) is 51.6 Å². The van der Waals surface area contributed by atoms with Gasteiger partial charge in [0.2, 0.25) is 0 Å². The molecule has 0 rings (SSSR count). The van der Waals surface area contributed by atoms with Gasteiger partial charge >= 0.3 is 0 Å². The van der Waals surface area contributed by atoms with Gasteiger partial charge < -0.3 is 9.80 Å². The number of nitrogens with one attached hydrogen (secondary N) is 2. The third-order valence-corrected chi connectivity index (χ3v) is 2.60. The van der Waals surface area contributed by atoms with Gasteiger partial charge in [0.15, 0.2) is 0 Å². The Morgan fingerprint density at radius 3 is 1.07 bits per heavy atom. The van der Waals surface area contributed by atoms with Gasteiger partial charge in [-0.1, -0.05) is 12.8 Å². The molecule has 0 amide bonds. The van der Waals surface area contributed by atoms with E-state index in [-0.39, 0.29) is 0 Å². The fourth-order valence-electron chi connectivity index (χ4n) is 1.66. The molecule has 0 radical (unpaired) electrons. The van der Waals surface area contributed by atoms with Crippen molar-refractivity contribution in [1.82, 2.24) is 0 Å². The molecule has 86 valence electrons. The SMILES string of the molecule is C[NH+](C)CCCCCCCC[NH+](C)C. The van der Waals surface area contributed by atoms with Crippen LogP contribution in [0.5, 0.6) is 0 Å². The smallest absolute Gasteiger partial charge is 0.0766 e. The first-order valence-corrected chi connectivity index (χ1v) is 6.21. The van der Waals surface area contributed by atoms with E-state index in [2.05, 4.69) is 28.2 Å². The molecule has 14 heavy (non-hydrogen) atoms. The molecule has 0 fully saturated rings. The second-order valence-corrected chi connectivity index (χ2v) is 5.04. The highest BCUT2D eigenvalue weighted by molar-refractivity contribution is 4.43. The van der Waals surface area contributed by atoms with Crippen LogP contribution in [0.15, 0.2) is 0 Å². The van der Waals surface area contributed by atoms with Crippen molar-refractivity contribution in [3.8, 4) is 0 Å². The Bertz CT molecular complexity index is 96.9. The molecule has 2 nitrogen and oxygen atoms in total. The lowest BCUT2D eigenvalue weighted by atomic mass is 10.1. The Kier molecular flexibility index (Phi) is 9.42. The quantitative estimate of drug-likeness (QED) is 0.472. The van der Waals surface area contributed by atoms with Gasteiger partial charge in [0, 0.05) is 0 Å². The van der Waals surface area contributed by atoms with Crippen LogP contribution in [0.1, 0.15) is 38.5 Å². The van der Waals surface area contributed by atoms with Crippen LogP contribution in [-0.4, -0.2) is 41.3 Å². The lowest BCUT2D eigenvalue weighted by Crippen LogP contribution is -3.05. The van der Waals surface area contributed by atoms with E-state index in [9.17, 15) is 0 Å². The van der Waals surface area contributed by atoms with Crippen molar-refractivity contribution in [2.45, 2.75) is 38.5 Å². The van der Waals surface area contributed by atoms with Crippen molar-refractivity contribution >= 4 is 0 Å². The van der Waals surface area contributed by atoms with Gasteiger partial charge in [0.1, 0.15) is 0 Å². The van der Waals surface area contributed by atoms with Gasteiger partial charge in [-0.25, -0.2) is 0 Å². The maximum atomic E-state index is 2.24. The predicted octanol–water partition coefficient (Wildman–Crippen LogP) is -0.384. The maximum absolute atomic E-state index is 2.24. The normalized spacial score (nSPS) is 11.6. The Labute approximate surface area is 90.3 Å². The van der Waals surface area contributed by atoms with Gasteiger partial charge in [-0.15, -0.1) is 0 Å². The van der Waals surface area contributed by atoms with Gasteiger partial charge in [-0.05, 0) is 25.7 Å². The van der Waals surface area contributed by atoms with E-state index in [1.807, 2.05) is 0 Å². The number of quaternary nitrogens is 2. The molecular weight excluding hydrogens is 172 g/mol. The Balaban J connectivity index is 2.92. The van der Waals surface area contributed by atoms with Crippen molar-refractivity contribution < 1.29 is 9.80 Å². The number of unbranched alkanes of at least 4 members (excludes halogenated alkanes) is 5. The summed E-state index contributed by atoms with van der Waals surface area (Å²) in [6.07, 6.45) is 8.55. The zero-order valence-corrected chi connectivity index (χ0v) is 10.7. The zero-order valence-electron chi connectivity index (χ0n) is 10.7. The summed E-state index contributed by atoms with van der Waals surface area (Å²) in [4.78, 5) is 3.17. The maximum Gasteiger partial charge on any atom is 0.0766 e. The minimum absolute atomic E-state index is 1.34. The molecule has 0 spiro atoms. The van der Waals surface area contributed by atoms with Crippen LogP contribution < -0.4 is 9.80 Å². The third kappa shape index (κ3) is 11.9. The summed E-state index contributed by atoms with van der Waals surface area (Å²) >= 11 is 0. The van der Waals surface area contributed by atoms with E-state index in [1.54, 1.807) is 9.80 Å². The molecule has 0 unspecified atom stereocenters. The van der Waals surface area contributed by atoms with Crippen molar-refractivity contribution in [3.63, 3.8) is 0 Å². The van der Waals surface area contributed by atoms with Gasteiger partial charge in [-0.3, -0.25) is 0 Å². The number of hydrogen-bond donors (Lipinski definition) is 2. The Hall–Kier alpha value is -0.0800. The molecule has 2 heteroatoms. The molecule has 0 bridgehead atoms. The lowest BCUT2D eigenvalue weighted by molar-refractivity contribution is -0.858. The van der Waals surface area contributed by atoms with Crippen LogP contribution in [0.25, 0.3) is 0 Å². The second-order valence-electron chi connectivity index (χ2n) is 5.04. The fourth-order valence-corrected chi connectivity index (χ4v) is 1.66. The van der Waals surface area contributed by atoms with Gasteiger partial charge in [0.25, 0.3) is 0 Å². The topological polar surface area (TPSA) is 8.88 Å². The van der Waals surface area contributed by atoms with E-state index in [4.69, 9.17) is 0 Å². The van der Waals surface area contributed by atoms with Crippen LogP contribution in [0.4, 0.5) is 0 Å². The largest absolute Gasteiger partial charge is 0.340 e. The molecule has 0 saturated heterocycles. The summed E-state index contributed by atoms with van der Waals surface area (Å²) < 4.78 is 0. The van der Waals surface area contributed by atoms with Crippen LogP contribution >= 0.6 is 0 Å². The second kappa shape index (κ2) is 9.47. The van der Waals surface area contributed by atoms with E-state index < -0.39 is 0 Å². The Morgan fingerprint density at radius 2 is 0.786 bits per heavy atom. The summed E-state index contributed by atoms with van der Waals surface area (Å²) in [7, 11) is 8.94. The monoisotopic (exact) mass is 202 g/mol. The van der Waals surface area contributed by atoms with E-state index in [0.717, 1.165) is 0 Å². The van der Waals surface area contributed by atoms with Crippen molar-refractivity contribution in [1.29, 1.82) is 0 Å². The van der Waals surface area contributed by atoms with Crippen LogP contribution in [0, 0.1) is 0 Å². The first-order chi connectivity index (χ1) is 6.63. The van der Waals surface area contributed by atoms with Gasteiger partial charge in [-0.2, -0.15) is 0 Å². The highest BCUT2D eigenvalue weighted by Crippen LogP contribution is 2.03. The summed E-state index contributed by atoms with van der Waals surface area (Å²) in [6, 6.07) is 0. The molecular formula is C12H30N2+2. The zero-order chi connectivity index (χ0) is 10.8. The van der Waals surface area contributed by atoms with Crippen LogP contribution in [0.2, 0.25) is 0 Å². The number of hydrogen-bond acceptors (Lipinski definition) is 0. The van der Waals surface area contributed by atoms with Crippen LogP contribution in [-0.2, 0) is 0 Å². The summed E-state index contributed by atoms with van der Waals surface area (Å²) in [5.74, 6) is 0. The fraction of sp³-hybridized carbons (Fsp3) is 1.00. The highest BCUT2D eigenvalue weighted by Gasteiger charge is 1.96. The molecule has 2 N–H and O–H groups in total. The van der Waals surface area contributed by atoms with Crippen LogP contribution in [0.3, 0.4) is 0 Å². The molecule has 0 aromatic rings. The lowest BCUT2D eigenvalue weighted by Gasteiger charge is -2.07. The molecule has 0 aliphatic heterocycles. The van der Waals surface area contributed by atoms with Crippen molar-refractivity contribution in [2.75, 3.05) is 41.3 Å². The molecule has 0 aromatic heterocycles. The van der Waals surface area contributed by atoms with E-state index >= 15 is 0 Å². The average Bonchev–Trinajstić information content (AvgIpc) is 2.08.